The fraction of sp³-hybridized carbons (Fsp3) is 0.571. The van der Waals surface area contributed by atoms with Crippen molar-refractivity contribution in [3.05, 3.63) is 34.9 Å². The fourth-order valence-corrected chi connectivity index (χ4v) is 2.87. The number of likely N-dealkylation sites (N-methyl/N-ethyl adjacent to an activating group) is 1. The van der Waals surface area contributed by atoms with E-state index in [2.05, 4.69) is 31.3 Å². The lowest BCUT2D eigenvalue weighted by Crippen LogP contribution is -2.30. The quantitative estimate of drug-likeness (QED) is 0.804. The number of rotatable bonds is 7. The van der Waals surface area contributed by atoms with Gasteiger partial charge in [-0.2, -0.15) is 11.8 Å². The van der Waals surface area contributed by atoms with Crippen molar-refractivity contribution in [3.8, 4) is 0 Å². The van der Waals surface area contributed by atoms with Crippen molar-refractivity contribution in [1.29, 1.82) is 0 Å². The van der Waals surface area contributed by atoms with Crippen molar-refractivity contribution < 1.29 is 0 Å². The maximum Gasteiger partial charge on any atom is 0.0438 e. The summed E-state index contributed by atoms with van der Waals surface area (Å²) >= 11 is 8.21. The molecule has 1 rings (SSSR count). The van der Waals surface area contributed by atoms with Gasteiger partial charge < -0.3 is 5.32 Å². The molecule has 0 fully saturated rings. The second-order valence-corrected chi connectivity index (χ2v) is 6.21. The van der Waals surface area contributed by atoms with Gasteiger partial charge in [-0.15, -0.1) is 0 Å². The van der Waals surface area contributed by atoms with Gasteiger partial charge in [0, 0.05) is 22.1 Å². The van der Waals surface area contributed by atoms with Crippen molar-refractivity contribution in [1.82, 2.24) is 5.32 Å². The Morgan fingerprint density at radius 2 is 2.06 bits per heavy atom. The van der Waals surface area contributed by atoms with Crippen LogP contribution in [0.3, 0.4) is 0 Å². The Bertz CT molecular complexity index is 330. The van der Waals surface area contributed by atoms with Crippen LogP contribution in [0.5, 0.6) is 0 Å². The first-order valence-corrected chi connectivity index (χ1v) is 7.62. The van der Waals surface area contributed by atoms with Crippen LogP contribution in [0.1, 0.15) is 25.8 Å². The SMILES string of the molecule is CCC(C)SCC(Cc1ccccc1Cl)NC. The minimum Gasteiger partial charge on any atom is -0.316 e. The van der Waals surface area contributed by atoms with Gasteiger partial charge in [0.2, 0.25) is 0 Å². The number of thioether (sulfide) groups is 1. The number of benzene rings is 1. The normalized spacial score (nSPS) is 14.6. The van der Waals surface area contributed by atoms with E-state index in [1.165, 1.54) is 12.0 Å². The summed E-state index contributed by atoms with van der Waals surface area (Å²) < 4.78 is 0. The molecular formula is C14H22ClNS. The minimum atomic E-state index is 0.494. The van der Waals surface area contributed by atoms with Gasteiger partial charge in [0.15, 0.2) is 0 Å². The van der Waals surface area contributed by atoms with Crippen LogP contribution in [0.25, 0.3) is 0 Å². The lowest BCUT2D eigenvalue weighted by atomic mass is 10.1. The second kappa shape index (κ2) is 8.02. The third kappa shape index (κ3) is 5.33. The molecule has 96 valence electrons. The predicted molar refractivity (Wildman–Crippen MR) is 80.2 cm³/mol. The zero-order valence-electron chi connectivity index (χ0n) is 10.9. The summed E-state index contributed by atoms with van der Waals surface area (Å²) in [6.45, 7) is 4.52. The molecule has 3 heteroatoms. The first kappa shape index (κ1) is 14.9. The molecule has 0 aromatic heterocycles. The van der Waals surface area contributed by atoms with E-state index in [0.29, 0.717) is 6.04 Å². The molecule has 2 atom stereocenters. The van der Waals surface area contributed by atoms with Crippen LogP contribution in [-0.4, -0.2) is 24.1 Å². The third-order valence-electron chi connectivity index (χ3n) is 2.99. The molecule has 0 radical (unpaired) electrons. The third-order valence-corrected chi connectivity index (χ3v) is 4.86. The Hall–Kier alpha value is -0.180. The van der Waals surface area contributed by atoms with Gasteiger partial charge in [-0.05, 0) is 31.5 Å². The summed E-state index contributed by atoms with van der Waals surface area (Å²) in [6.07, 6.45) is 2.23. The highest BCUT2D eigenvalue weighted by atomic mass is 35.5. The van der Waals surface area contributed by atoms with Crippen molar-refractivity contribution in [3.63, 3.8) is 0 Å². The van der Waals surface area contributed by atoms with Crippen molar-refractivity contribution in [2.24, 2.45) is 0 Å². The molecule has 0 spiro atoms. The smallest absolute Gasteiger partial charge is 0.0438 e. The van der Waals surface area contributed by atoms with Crippen LogP contribution < -0.4 is 5.32 Å². The molecule has 0 amide bonds. The van der Waals surface area contributed by atoms with E-state index >= 15 is 0 Å². The van der Waals surface area contributed by atoms with Crippen molar-refractivity contribution >= 4 is 23.4 Å². The van der Waals surface area contributed by atoms with Crippen LogP contribution in [0.4, 0.5) is 0 Å². The molecule has 0 aliphatic rings. The summed E-state index contributed by atoms with van der Waals surface area (Å²) in [7, 11) is 2.03. The lowest BCUT2D eigenvalue weighted by molar-refractivity contribution is 0.616. The maximum atomic E-state index is 6.18. The second-order valence-electron chi connectivity index (χ2n) is 4.33. The minimum absolute atomic E-state index is 0.494. The summed E-state index contributed by atoms with van der Waals surface area (Å²) in [6, 6.07) is 8.60. The Morgan fingerprint density at radius 3 is 2.65 bits per heavy atom. The van der Waals surface area contributed by atoms with Gasteiger partial charge in [0.25, 0.3) is 0 Å². The molecular weight excluding hydrogens is 250 g/mol. The first-order chi connectivity index (χ1) is 8.17. The standard InChI is InChI=1S/C14H22ClNS/c1-4-11(2)17-10-13(16-3)9-12-7-5-6-8-14(12)15/h5-8,11,13,16H,4,9-10H2,1-3H3. The zero-order chi connectivity index (χ0) is 12.7. The molecule has 17 heavy (non-hydrogen) atoms. The first-order valence-electron chi connectivity index (χ1n) is 6.19. The van der Waals surface area contributed by atoms with Gasteiger partial charge in [-0.1, -0.05) is 43.6 Å². The lowest BCUT2D eigenvalue weighted by Gasteiger charge is -2.18. The van der Waals surface area contributed by atoms with E-state index < -0.39 is 0 Å². The highest BCUT2D eigenvalue weighted by Crippen LogP contribution is 2.20. The zero-order valence-corrected chi connectivity index (χ0v) is 12.4. The molecule has 1 aromatic rings. The molecule has 1 nitrogen and oxygen atoms in total. The number of hydrogen-bond acceptors (Lipinski definition) is 2. The molecule has 2 unspecified atom stereocenters. The molecule has 1 N–H and O–H groups in total. The van der Waals surface area contributed by atoms with Gasteiger partial charge in [-0.25, -0.2) is 0 Å². The predicted octanol–water partition coefficient (Wildman–Crippen LogP) is 4.00. The van der Waals surface area contributed by atoms with E-state index in [4.69, 9.17) is 11.6 Å². The molecule has 0 saturated carbocycles. The van der Waals surface area contributed by atoms with Crippen LogP contribution in [0, 0.1) is 0 Å². The highest BCUT2D eigenvalue weighted by molar-refractivity contribution is 7.99. The molecule has 0 aliphatic heterocycles. The van der Waals surface area contributed by atoms with E-state index in [1.54, 1.807) is 0 Å². The van der Waals surface area contributed by atoms with Gasteiger partial charge >= 0.3 is 0 Å². The van der Waals surface area contributed by atoms with E-state index in [9.17, 15) is 0 Å². The van der Waals surface area contributed by atoms with Crippen LogP contribution >= 0.6 is 23.4 Å². The summed E-state index contributed by atoms with van der Waals surface area (Å²) in [5.74, 6) is 1.14. The Balaban J connectivity index is 2.49. The number of hydrogen-bond donors (Lipinski definition) is 1. The highest BCUT2D eigenvalue weighted by Gasteiger charge is 2.11. The topological polar surface area (TPSA) is 12.0 Å². The Labute approximate surface area is 114 Å². The van der Waals surface area contributed by atoms with Crippen molar-refractivity contribution in [2.45, 2.75) is 38.0 Å². The molecule has 0 heterocycles. The monoisotopic (exact) mass is 271 g/mol. The fourth-order valence-electron chi connectivity index (χ4n) is 1.57. The van der Waals surface area contributed by atoms with E-state index in [0.717, 1.165) is 22.4 Å². The van der Waals surface area contributed by atoms with Crippen LogP contribution in [0.2, 0.25) is 5.02 Å². The van der Waals surface area contributed by atoms with Crippen molar-refractivity contribution in [2.75, 3.05) is 12.8 Å². The van der Waals surface area contributed by atoms with Gasteiger partial charge in [0.05, 0.1) is 0 Å². The number of halogens is 1. The van der Waals surface area contributed by atoms with Crippen LogP contribution in [0.15, 0.2) is 24.3 Å². The van der Waals surface area contributed by atoms with E-state index in [-0.39, 0.29) is 0 Å². The maximum absolute atomic E-state index is 6.18. The summed E-state index contributed by atoms with van der Waals surface area (Å²) in [5, 5.41) is 4.99. The van der Waals surface area contributed by atoms with Gasteiger partial charge in [-0.3, -0.25) is 0 Å². The molecule has 0 aliphatic carbocycles. The average Bonchev–Trinajstić information content (AvgIpc) is 2.36. The molecule has 1 aromatic carbocycles. The van der Waals surface area contributed by atoms with E-state index in [1.807, 2.05) is 30.9 Å². The average molecular weight is 272 g/mol. The summed E-state index contributed by atoms with van der Waals surface area (Å²) in [5.41, 5.74) is 1.23. The Morgan fingerprint density at radius 1 is 1.35 bits per heavy atom. The largest absolute Gasteiger partial charge is 0.316 e. The molecule has 0 bridgehead atoms. The van der Waals surface area contributed by atoms with Gasteiger partial charge in [0.1, 0.15) is 0 Å². The Kier molecular flexibility index (Phi) is 7.02. The van der Waals surface area contributed by atoms with Crippen LogP contribution in [-0.2, 0) is 6.42 Å². The number of nitrogens with one attached hydrogen (secondary N) is 1. The summed E-state index contributed by atoms with van der Waals surface area (Å²) in [4.78, 5) is 0. The molecule has 0 saturated heterocycles.